The van der Waals surface area contributed by atoms with E-state index < -0.39 is 0 Å². The van der Waals surface area contributed by atoms with Crippen molar-refractivity contribution < 1.29 is 5.11 Å². The SMILES string of the molecule is CCc1ccc(N2CCCCC2CO)cc1. The molecule has 16 heavy (non-hydrogen) atoms. The topological polar surface area (TPSA) is 23.5 Å². The van der Waals surface area contributed by atoms with Crippen molar-refractivity contribution in [1.82, 2.24) is 0 Å². The molecule has 0 amide bonds. The molecular formula is C14H21NO. The molecule has 0 spiro atoms. The fourth-order valence-corrected chi connectivity index (χ4v) is 2.45. The number of anilines is 1. The van der Waals surface area contributed by atoms with Gasteiger partial charge in [-0.15, -0.1) is 0 Å². The Hall–Kier alpha value is -1.02. The number of aliphatic hydroxyl groups excluding tert-OH is 1. The first-order valence-electron chi connectivity index (χ1n) is 6.31. The molecule has 0 aromatic heterocycles. The van der Waals surface area contributed by atoms with Gasteiger partial charge in [0.1, 0.15) is 0 Å². The third-order valence-corrected chi connectivity index (χ3v) is 3.51. The van der Waals surface area contributed by atoms with Gasteiger partial charge in [0, 0.05) is 12.2 Å². The van der Waals surface area contributed by atoms with Gasteiger partial charge in [-0.05, 0) is 43.4 Å². The zero-order valence-electron chi connectivity index (χ0n) is 10.0. The zero-order valence-corrected chi connectivity index (χ0v) is 10.0. The Kier molecular flexibility index (Phi) is 3.83. The lowest BCUT2D eigenvalue weighted by molar-refractivity contribution is 0.240. The summed E-state index contributed by atoms with van der Waals surface area (Å²) in [5, 5.41) is 9.38. The van der Waals surface area contributed by atoms with Crippen molar-refractivity contribution in [3.05, 3.63) is 29.8 Å². The van der Waals surface area contributed by atoms with Gasteiger partial charge in [0.05, 0.1) is 12.6 Å². The molecule has 0 saturated carbocycles. The summed E-state index contributed by atoms with van der Waals surface area (Å²) in [6, 6.07) is 9.08. The summed E-state index contributed by atoms with van der Waals surface area (Å²) in [6.45, 7) is 3.53. The van der Waals surface area contributed by atoms with E-state index in [1.807, 2.05) is 0 Å². The van der Waals surface area contributed by atoms with Crippen LogP contribution in [0.4, 0.5) is 5.69 Å². The van der Waals surface area contributed by atoms with Crippen LogP contribution in [0.5, 0.6) is 0 Å². The first-order chi connectivity index (χ1) is 7.85. The number of hydrogen-bond donors (Lipinski definition) is 1. The quantitative estimate of drug-likeness (QED) is 0.844. The Bertz CT molecular complexity index is 320. The minimum atomic E-state index is 0.273. The van der Waals surface area contributed by atoms with E-state index in [-0.39, 0.29) is 6.61 Å². The van der Waals surface area contributed by atoms with Gasteiger partial charge in [0.2, 0.25) is 0 Å². The lowest BCUT2D eigenvalue weighted by Gasteiger charge is -2.36. The van der Waals surface area contributed by atoms with Crippen LogP contribution in [-0.4, -0.2) is 24.3 Å². The average molecular weight is 219 g/mol. The maximum absolute atomic E-state index is 9.38. The normalized spacial score (nSPS) is 21.1. The maximum atomic E-state index is 9.38. The van der Waals surface area contributed by atoms with Crippen LogP contribution in [-0.2, 0) is 6.42 Å². The van der Waals surface area contributed by atoms with Gasteiger partial charge in [-0.25, -0.2) is 0 Å². The fraction of sp³-hybridized carbons (Fsp3) is 0.571. The summed E-state index contributed by atoms with van der Waals surface area (Å²) in [6.07, 6.45) is 4.69. The molecular weight excluding hydrogens is 198 g/mol. The monoisotopic (exact) mass is 219 g/mol. The van der Waals surface area contributed by atoms with Gasteiger partial charge in [-0.3, -0.25) is 0 Å². The van der Waals surface area contributed by atoms with Crippen molar-refractivity contribution >= 4 is 5.69 Å². The van der Waals surface area contributed by atoms with E-state index in [1.165, 1.54) is 24.1 Å². The lowest BCUT2D eigenvalue weighted by atomic mass is 10.0. The number of nitrogens with zero attached hydrogens (tertiary/aromatic N) is 1. The number of rotatable bonds is 3. The highest BCUT2D eigenvalue weighted by Crippen LogP contribution is 2.24. The zero-order chi connectivity index (χ0) is 11.4. The summed E-state index contributed by atoms with van der Waals surface area (Å²) in [4.78, 5) is 2.35. The Balaban J connectivity index is 2.14. The summed E-state index contributed by atoms with van der Waals surface area (Å²) in [7, 11) is 0. The van der Waals surface area contributed by atoms with Crippen molar-refractivity contribution in [3.8, 4) is 0 Å². The predicted molar refractivity (Wildman–Crippen MR) is 67.9 cm³/mol. The van der Waals surface area contributed by atoms with Crippen molar-refractivity contribution in [2.45, 2.75) is 38.6 Å². The summed E-state index contributed by atoms with van der Waals surface area (Å²) >= 11 is 0. The second-order valence-electron chi connectivity index (χ2n) is 4.55. The van der Waals surface area contributed by atoms with E-state index in [9.17, 15) is 5.11 Å². The first kappa shape index (κ1) is 11.5. The third-order valence-electron chi connectivity index (χ3n) is 3.51. The van der Waals surface area contributed by atoms with Gasteiger partial charge < -0.3 is 10.0 Å². The highest BCUT2D eigenvalue weighted by molar-refractivity contribution is 5.49. The molecule has 88 valence electrons. The molecule has 2 heteroatoms. The summed E-state index contributed by atoms with van der Waals surface area (Å²) < 4.78 is 0. The van der Waals surface area contributed by atoms with E-state index in [0.717, 1.165) is 19.4 Å². The third kappa shape index (κ3) is 2.38. The molecule has 0 radical (unpaired) electrons. The molecule has 1 fully saturated rings. The summed E-state index contributed by atoms with van der Waals surface area (Å²) in [5.74, 6) is 0. The minimum absolute atomic E-state index is 0.273. The molecule has 1 saturated heterocycles. The fourth-order valence-electron chi connectivity index (χ4n) is 2.45. The number of aliphatic hydroxyl groups is 1. The molecule has 1 atom stereocenters. The standard InChI is InChI=1S/C14H21NO/c1-2-12-6-8-13(9-7-12)15-10-4-3-5-14(15)11-16/h6-9,14,16H,2-5,10-11H2,1H3. The number of piperidine rings is 1. The van der Waals surface area contributed by atoms with Crippen molar-refractivity contribution in [1.29, 1.82) is 0 Å². The van der Waals surface area contributed by atoms with Crippen molar-refractivity contribution in [2.24, 2.45) is 0 Å². The number of aryl methyl sites for hydroxylation is 1. The van der Waals surface area contributed by atoms with Gasteiger partial charge in [0.25, 0.3) is 0 Å². The van der Waals surface area contributed by atoms with E-state index >= 15 is 0 Å². The smallest absolute Gasteiger partial charge is 0.0635 e. The Morgan fingerprint density at radius 2 is 2.00 bits per heavy atom. The lowest BCUT2D eigenvalue weighted by Crippen LogP contribution is -2.41. The van der Waals surface area contributed by atoms with Crippen LogP contribution in [0.2, 0.25) is 0 Å². The van der Waals surface area contributed by atoms with Crippen LogP contribution in [0.3, 0.4) is 0 Å². The van der Waals surface area contributed by atoms with Crippen LogP contribution in [0.15, 0.2) is 24.3 Å². The largest absolute Gasteiger partial charge is 0.394 e. The highest BCUT2D eigenvalue weighted by atomic mass is 16.3. The first-order valence-corrected chi connectivity index (χ1v) is 6.31. The van der Waals surface area contributed by atoms with E-state index in [4.69, 9.17) is 0 Å². The Labute approximate surface area is 97.9 Å². The minimum Gasteiger partial charge on any atom is -0.394 e. The Morgan fingerprint density at radius 1 is 1.25 bits per heavy atom. The molecule has 1 aliphatic rings. The second kappa shape index (κ2) is 5.35. The van der Waals surface area contributed by atoms with Gasteiger partial charge in [-0.2, -0.15) is 0 Å². The number of benzene rings is 1. The molecule has 1 unspecified atom stereocenters. The van der Waals surface area contributed by atoms with Crippen LogP contribution >= 0.6 is 0 Å². The second-order valence-corrected chi connectivity index (χ2v) is 4.55. The van der Waals surface area contributed by atoms with Gasteiger partial charge in [0.15, 0.2) is 0 Å². The van der Waals surface area contributed by atoms with E-state index in [2.05, 4.69) is 36.1 Å². The maximum Gasteiger partial charge on any atom is 0.0635 e. The molecule has 1 aliphatic heterocycles. The molecule has 1 aromatic rings. The Morgan fingerprint density at radius 3 is 2.62 bits per heavy atom. The van der Waals surface area contributed by atoms with Gasteiger partial charge >= 0.3 is 0 Å². The molecule has 1 heterocycles. The molecule has 0 aliphatic carbocycles. The van der Waals surface area contributed by atoms with Gasteiger partial charge in [-0.1, -0.05) is 19.1 Å². The van der Waals surface area contributed by atoms with E-state index in [0.29, 0.717) is 6.04 Å². The average Bonchev–Trinajstić information content (AvgIpc) is 2.39. The highest BCUT2D eigenvalue weighted by Gasteiger charge is 2.21. The molecule has 0 bridgehead atoms. The molecule has 1 aromatic carbocycles. The summed E-state index contributed by atoms with van der Waals surface area (Å²) in [5.41, 5.74) is 2.64. The van der Waals surface area contributed by atoms with E-state index in [1.54, 1.807) is 0 Å². The predicted octanol–water partition coefficient (Wildman–Crippen LogP) is 2.60. The van der Waals surface area contributed by atoms with Crippen LogP contribution < -0.4 is 4.90 Å². The van der Waals surface area contributed by atoms with Crippen LogP contribution in [0.1, 0.15) is 31.7 Å². The van der Waals surface area contributed by atoms with Crippen LogP contribution in [0.25, 0.3) is 0 Å². The van der Waals surface area contributed by atoms with Crippen molar-refractivity contribution in [3.63, 3.8) is 0 Å². The molecule has 1 N–H and O–H groups in total. The van der Waals surface area contributed by atoms with Crippen molar-refractivity contribution in [2.75, 3.05) is 18.1 Å². The molecule has 2 rings (SSSR count). The van der Waals surface area contributed by atoms with Crippen LogP contribution in [0, 0.1) is 0 Å². The number of hydrogen-bond acceptors (Lipinski definition) is 2. The molecule has 2 nitrogen and oxygen atoms in total.